The van der Waals surface area contributed by atoms with Crippen LogP contribution in [0.25, 0.3) is 22.4 Å². The van der Waals surface area contributed by atoms with E-state index in [1.807, 2.05) is 66.7 Å². The molecule has 160 valence electrons. The third-order valence-electron chi connectivity index (χ3n) is 5.74. The number of ether oxygens (including phenoxy) is 1. The Morgan fingerprint density at radius 1 is 0.848 bits per heavy atom. The van der Waals surface area contributed by atoms with Gasteiger partial charge < -0.3 is 10.1 Å². The second kappa shape index (κ2) is 9.42. The summed E-state index contributed by atoms with van der Waals surface area (Å²) in [6.45, 7) is 0.515. The fourth-order valence-corrected chi connectivity index (χ4v) is 4.17. The fourth-order valence-electron chi connectivity index (χ4n) is 4.17. The molecule has 0 saturated heterocycles. The molecule has 33 heavy (non-hydrogen) atoms. The molecule has 0 fully saturated rings. The van der Waals surface area contributed by atoms with Crippen LogP contribution in [0, 0.1) is 11.8 Å². The number of pyridine rings is 1. The molecule has 1 N–H and O–H groups in total. The van der Waals surface area contributed by atoms with Crippen molar-refractivity contribution in [3.63, 3.8) is 0 Å². The summed E-state index contributed by atoms with van der Waals surface area (Å²) in [5.41, 5.74) is 7.65. The zero-order valence-electron chi connectivity index (χ0n) is 18.0. The van der Waals surface area contributed by atoms with Gasteiger partial charge in [-0.1, -0.05) is 78.6 Å². The number of carbonyl (C=O) groups excluding carboxylic acids is 1. The zero-order valence-corrected chi connectivity index (χ0v) is 18.0. The monoisotopic (exact) mass is 430 g/mol. The van der Waals surface area contributed by atoms with Gasteiger partial charge in [-0.25, -0.2) is 4.79 Å². The van der Waals surface area contributed by atoms with E-state index >= 15 is 0 Å². The Bertz CT molecular complexity index is 1290. The maximum absolute atomic E-state index is 12.2. The van der Waals surface area contributed by atoms with Crippen molar-refractivity contribution >= 4 is 6.09 Å². The van der Waals surface area contributed by atoms with Gasteiger partial charge in [0.05, 0.1) is 12.2 Å². The first kappa shape index (κ1) is 20.5. The summed E-state index contributed by atoms with van der Waals surface area (Å²) in [7, 11) is 0. The quantitative estimate of drug-likeness (QED) is 0.427. The SMILES string of the molecule is O=C(NCC#Cc1ccc(-c2ccccn2)cc1)OCC1c2ccccc2-c2ccccc21. The van der Waals surface area contributed by atoms with Crippen LogP contribution in [0.3, 0.4) is 0 Å². The minimum absolute atomic E-state index is 0.0480. The molecule has 3 aromatic carbocycles. The first-order chi connectivity index (χ1) is 16.3. The van der Waals surface area contributed by atoms with Crippen molar-refractivity contribution in [1.29, 1.82) is 0 Å². The van der Waals surface area contributed by atoms with Crippen molar-refractivity contribution in [2.24, 2.45) is 0 Å². The number of benzene rings is 3. The Kier molecular flexibility index (Phi) is 5.86. The van der Waals surface area contributed by atoms with Crippen LogP contribution in [0.2, 0.25) is 0 Å². The van der Waals surface area contributed by atoms with Crippen molar-refractivity contribution in [3.05, 3.63) is 114 Å². The Morgan fingerprint density at radius 2 is 1.52 bits per heavy atom. The number of fused-ring (bicyclic) bond motifs is 3. The van der Waals surface area contributed by atoms with E-state index in [-0.39, 0.29) is 12.5 Å². The summed E-state index contributed by atoms with van der Waals surface area (Å²) in [6, 6.07) is 30.3. The minimum Gasteiger partial charge on any atom is -0.449 e. The predicted octanol–water partition coefficient (Wildman–Crippen LogP) is 5.64. The van der Waals surface area contributed by atoms with Crippen LogP contribution in [-0.2, 0) is 4.74 Å². The van der Waals surface area contributed by atoms with E-state index in [1.54, 1.807) is 6.20 Å². The average molecular weight is 431 g/mol. The first-order valence-corrected chi connectivity index (χ1v) is 10.9. The largest absolute Gasteiger partial charge is 0.449 e. The summed E-state index contributed by atoms with van der Waals surface area (Å²) in [5, 5.41) is 2.72. The van der Waals surface area contributed by atoms with Gasteiger partial charge in [0.25, 0.3) is 0 Å². The number of nitrogens with one attached hydrogen (secondary N) is 1. The number of alkyl carbamates (subject to hydrolysis) is 1. The molecule has 0 atom stereocenters. The highest BCUT2D eigenvalue weighted by molar-refractivity contribution is 5.79. The molecule has 0 aliphatic heterocycles. The van der Waals surface area contributed by atoms with E-state index in [4.69, 9.17) is 4.74 Å². The Balaban J connectivity index is 1.15. The molecule has 1 aromatic heterocycles. The van der Waals surface area contributed by atoms with E-state index in [0.29, 0.717) is 6.61 Å². The molecule has 0 saturated carbocycles. The van der Waals surface area contributed by atoms with Crippen LogP contribution in [0.15, 0.2) is 97.2 Å². The maximum atomic E-state index is 12.2. The lowest BCUT2D eigenvalue weighted by molar-refractivity contribution is 0.144. The predicted molar refractivity (Wildman–Crippen MR) is 130 cm³/mol. The van der Waals surface area contributed by atoms with Gasteiger partial charge in [-0.3, -0.25) is 4.98 Å². The van der Waals surface area contributed by atoms with Crippen LogP contribution >= 0.6 is 0 Å². The zero-order chi connectivity index (χ0) is 22.5. The smallest absolute Gasteiger partial charge is 0.407 e. The number of nitrogens with zero attached hydrogens (tertiary/aromatic N) is 1. The minimum atomic E-state index is -0.461. The molecule has 1 aliphatic carbocycles. The number of rotatable bonds is 4. The van der Waals surface area contributed by atoms with Crippen molar-refractivity contribution in [2.75, 3.05) is 13.2 Å². The van der Waals surface area contributed by atoms with E-state index < -0.39 is 6.09 Å². The van der Waals surface area contributed by atoms with E-state index in [0.717, 1.165) is 16.8 Å². The second-order valence-electron chi connectivity index (χ2n) is 7.77. The van der Waals surface area contributed by atoms with E-state index in [2.05, 4.69) is 46.4 Å². The lowest BCUT2D eigenvalue weighted by Gasteiger charge is -2.14. The maximum Gasteiger partial charge on any atom is 0.407 e. The summed E-state index contributed by atoms with van der Waals surface area (Å²) in [6.07, 6.45) is 1.31. The van der Waals surface area contributed by atoms with Crippen LogP contribution in [0.5, 0.6) is 0 Å². The van der Waals surface area contributed by atoms with Gasteiger partial charge in [-0.2, -0.15) is 0 Å². The standard InChI is InChI=1S/C29H22N2O2/c32-29(31-19-7-8-21-14-16-22(17-15-21)28-13-5-6-18-30-28)33-20-27-25-11-3-1-9-23(25)24-10-2-4-12-26(24)27/h1-6,9-18,27H,19-20H2,(H,31,32). The number of aromatic nitrogens is 1. The van der Waals surface area contributed by atoms with E-state index in [9.17, 15) is 4.79 Å². The topological polar surface area (TPSA) is 51.2 Å². The van der Waals surface area contributed by atoms with Crippen LogP contribution in [0.4, 0.5) is 4.79 Å². The van der Waals surface area contributed by atoms with Gasteiger partial charge in [0.2, 0.25) is 0 Å². The Hall–Kier alpha value is -4.36. The molecule has 0 spiro atoms. The van der Waals surface area contributed by atoms with Gasteiger partial charge in [0, 0.05) is 23.2 Å². The summed E-state index contributed by atoms with van der Waals surface area (Å²) < 4.78 is 5.53. The molecular weight excluding hydrogens is 408 g/mol. The number of amides is 1. The Labute approximate surface area is 193 Å². The number of carbonyl (C=O) groups is 1. The van der Waals surface area contributed by atoms with Gasteiger partial charge in [-0.05, 0) is 46.5 Å². The molecule has 0 radical (unpaired) electrons. The fraction of sp³-hybridized carbons (Fsp3) is 0.103. The molecule has 4 heteroatoms. The molecule has 1 aliphatic rings. The van der Waals surface area contributed by atoms with Crippen molar-refractivity contribution in [2.45, 2.75) is 5.92 Å². The van der Waals surface area contributed by atoms with Crippen LogP contribution in [0.1, 0.15) is 22.6 Å². The number of hydrogen-bond donors (Lipinski definition) is 1. The molecule has 1 amide bonds. The lowest BCUT2D eigenvalue weighted by atomic mass is 9.98. The van der Waals surface area contributed by atoms with E-state index in [1.165, 1.54) is 22.3 Å². The van der Waals surface area contributed by atoms with Crippen LogP contribution < -0.4 is 5.32 Å². The molecule has 0 unspecified atom stereocenters. The Morgan fingerprint density at radius 3 is 2.18 bits per heavy atom. The number of hydrogen-bond acceptors (Lipinski definition) is 3. The van der Waals surface area contributed by atoms with Crippen LogP contribution in [-0.4, -0.2) is 24.2 Å². The molecule has 0 bridgehead atoms. The van der Waals surface area contributed by atoms with Gasteiger partial charge >= 0.3 is 6.09 Å². The van der Waals surface area contributed by atoms with Gasteiger partial charge in [0.15, 0.2) is 0 Å². The van der Waals surface area contributed by atoms with Gasteiger partial charge in [0.1, 0.15) is 6.61 Å². The van der Waals surface area contributed by atoms with Crippen molar-refractivity contribution < 1.29 is 9.53 Å². The molecular formula is C29H22N2O2. The first-order valence-electron chi connectivity index (χ1n) is 10.9. The second-order valence-corrected chi connectivity index (χ2v) is 7.77. The highest BCUT2D eigenvalue weighted by Gasteiger charge is 2.28. The van der Waals surface area contributed by atoms with Crippen molar-refractivity contribution in [3.8, 4) is 34.2 Å². The third-order valence-corrected chi connectivity index (χ3v) is 5.74. The summed E-state index contributed by atoms with van der Waals surface area (Å²) in [4.78, 5) is 16.6. The highest BCUT2D eigenvalue weighted by atomic mass is 16.5. The molecule has 4 nitrogen and oxygen atoms in total. The van der Waals surface area contributed by atoms with Crippen molar-refractivity contribution in [1.82, 2.24) is 10.3 Å². The molecule has 4 aromatic rings. The lowest BCUT2D eigenvalue weighted by Crippen LogP contribution is -2.26. The third kappa shape index (κ3) is 4.49. The molecule has 5 rings (SSSR count). The summed E-state index contributed by atoms with van der Waals surface area (Å²) in [5.74, 6) is 6.08. The molecule has 1 heterocycles. The van der Waals surface area contributed by atoms with Gasteiger partial charge in [-0.15, -0.1) is 0 Å². The highest BCUT2D eigenvalue weighted by Crippen LogP contribution is 2.44. The average Bonchev–Trinajstić information content (AvgIpc) is 3.20. The normalized spacial score (nSPS) is 11.6. The summed E-state index contributed by atoms with van der Waals surface area (Å²) >= 11 is 0.